The van der Waals surface area contributed by atoms with E-state index < -0.39 is 14.6 Å². The van der Waals surface area contributed by atoms with E-state index in [0.29, 0.717) is 50.7 Å². The molecule has 0 amide bonds. The van der Waals surface area contributed by atoms with Crippen molar-refractivity contribution in [1.82, 2.24) is 19.5 Å². The highest BCUT2D eigenvalue weighted by Crippen LogP contribution is 2.54. The van der Waals surface area contributed by atoms with Gasteiger partial charge in [0.25, 0.3) is 0 Å². The third-order valence-electron chi connectivity index (χ3n) is 6.46. The number of hydrogen-bond donors (Lipinski definition) is 0. The van der Waals surface area contributed by atoms with Crippen LogP contribution in [0.25, 0.3) is 0 Å². The highest BCUT2D eigenvalue weighted by Gasteiger charge is 2.59. The number of benzene rings is 1. The number of rotatable bonds is 7. The third kappa shape index (κ3) is 4.03. The fraction of sp³-hybridized carbons (Fsp3) is 0.435. The second-order valence-corrected chi connectivity index (χ2v) is 11.2. The maximum atomic E-state index is 13.9. The minimum atomic E-state index is -3.84. The number of ether oxygens (including phenoxy) is 2. The molecule has 3 heterocycles. The monoisotopic (exact) mass is 503 g/mol. The van der Waals surface area contributed by atoms with E-state index >= 15 is 0 Å². The van der Waals surface area contributed by atoms with Crippen molar-refractivity contribution in [3.05, 3.63) is 59.3 Å². The van der Waals surface area contributed by atoms with Crippen LogP contribution in [0.3, 0.4) is 0 Å². The summed E-state index contributed by atoms with van der Waals surface area (Å²) in [6, 6.07) is 9.36. The van der Waals surface area contributed by atoms with Gasteiger partial charge >= 0.3 is 0 Å². The van der Waals surface area contributed by atoms with Gasteiger partial charge in [0.2, 0.25) is 20.3 Å². The van der Waals surface area contributed by atoms with Gasteiger partial charge in [-0.15, -0.1) is 0 Å². The second kappa shape index (κ2) is 8.83. The second-order valence-electron chi connectivity index (χ2n) is 8.68. The maximum Gasteiger partial charge on any atom is 0.228 e. The molecule has 9 nitrogen and oxygen atoms in total. The van der Waals surface area contributed by atoms with Crippen molar-refractivity contribution in [2.75, 3.05) is 31.8 Å². The van der Waals surface area contributed by atoms with Crippen LogP contribution in [0.15, 0.2) is 47.9 Å². The molecule has 0 unspecified atom stereocenters. The van der Waals surface area contributed by atoms with Crippen molar-refractivity contribution in [1.29, 1.82) is 0 Å². The van der Waals surface area contributed by atoms with E-state index in [1.54, 1.807) is 23.9 Å². The predicted molar refractivity (Wildman–Crippen MR) is 127 cm³/mol. The summed E-state index contributed by atoms with van der Waals surface area (Å²) < 4.78 is 39.0. The molecule has 180 valence electrons. The zero-order valence-electron chi connectivity index (χ0n) is 19.0. The number of hydrogen-bond acceptors (Lipinski definition) is 8. The molecule has 1 saturated carbocycles. The van der Waals surface area contributed by atoms with Crippen LogP contribution in [0.2, 0.25) is 5.28 Å². The number of anilines is 1. The van der Waals surface area contributed by atoms with Crippen molar-refractivity contribution < 1.29 is 17.9 Å². The van der Waals surface area contributed by atoms with E-state index in [9.17, 15) is 8.42 Å². The van der Waals surface area contributed by atoms with Gasteiger partial charge in [-0.2, -0.15) is 0 Å². The molecule has 1 aliphatic heterocycles. The molecule has 5 rings (SSSR count). The summed E-state index contributed by atoms with van der Waals surface area (Å²) in [6.07, 6.45) is 4.10. The van der Waals surface area contributed by atoms with Gasteiger partial charge in [-0.1, -0.05) is 12.1 Å². The fourth-order valence-corrected chi connectivity index (χ4v) is 6.57. The predicted octanol–water partition coefficient (Wildman–Crippen LogP) is 3.07. The molecule has 11 heteroatoms. The van der Waals surface area contributed by atoms with Crippen LogP contribution in [-0.2, 0) is 25.9 Å². The van der Waals surface area contributed by atoms with E-state index in [-0.39, 0.29) is 16.5 Å². The van der Waals surface area contributed by atoms with Gasteiger partial charge < -0.3 is 18.9 Å². The summed E-state index contributed by atoms with van der Waals surface area (Å²) in [5.41, 5.74) is 1.36. The normalized spacial score (nSPS) is 19.7. The number of sulfone groups is 1. The molecule has 0 spiro atoms. The van der Waals surface area contributed by atoms with E-state index in [1.165, 1.54) is 6.20 Å². The lowest BCUT2D eigenvalue weighted by Crippen LogP contribution is -2.44. The van der Waals surface area contributed by atoms with Crippen molar-refractivity contribution in [2.24, 2.45) is 0 Å². The van der Waals surface area contributed by atoms with E-state index in [1.807, 2.05) is 31.2 Å². The average Bonchev–Trinajstić information content (AvgIpc) is 3.53. The molecule has 2 aliphatic rings. The van der Waals surface area contributed by atoms with Gasteiger partial charge in [-0.25, -0.2) is 23.4 Å². The Balaban J connectivity index is 1.48. The first-order valence-electron chi connectivity index (χ1n) is 11.1. The summed E-state index contributed by atoms with van der Waals surface area (Å²) in [5, 5.41) is 0.0612. The van der Waals surface area contributed by atoms with Crippen LogP contribution in [-0.4, -0.2) is 60.8 Å². The quantitative estimate of drug-likeness (QED) is 0.453. The topological polar surface area (TPSA) is 99.4 Å². The van der Waals surface area contributed by atoms with Gasteiger partial charge in [0.15, 0.2) is 0 Å². The Morgan fingerprint density at radius 2 is 2.00 bits per heavy atom. The van der Waals surface area contributed by atoms with Crippen molar-refractivity contribution in [3.8, 4) is 5.75 Å². The van der Waals surface area contributed by atoms with Crippen LogP contribution in [0.4, 0.5) is 5.82 Å². The molecule has 1 aliphatic carbocycles. The van der Waals surface area contributed by atoms with Crippen molar-refractivity contribution in [2.45, 2.75) is 42.3 Å². The Labute approximate surface area is 203 Å². The standard InChI is InChI=1S/C23H26ClN5O4S/c1-16-15-33-12-11-29(16)20-13-19(26-21(24)27-20)23(7-8-23)34(30,31)22-25-9-10-28(22)14-17-3-5-18(32-2)6-4-17/h3-6,9-10,13,16H,7-8,11-12,14-15H2,1-2H3/t16-/m0/s1. The number of methoxy groups -OCH3 is 1. The van der Waals surface area contributed by atoms with Crippen molar-refractivity contribution >= 4 is 27.3 Å². The Hall–Kier alpha value is -2.69. The summed E-state index contributed by atoms with van der Waals surface area (Å²) in [4.78, 5) is 15.1. The van der Waals surface area contributed by atoms with Gasteiger partial charge in [0.1, 0.15) is 16.3 Å². The maximum absolute atomic E-state index is 13.9. The third-order valence-corrected chi connectivity index (χ3v) is 9.10. The Morgan fingerprint density at radius 1 is 1.24 bits per heavy atom. The zero-order chi connectivity index (χ0) is 23.9. The summed E-state index contributed by atoms with van der Waals surface area (Å²) >= 11 is 6.28. The molecular formula is C23H26ClN5O4S. The molecule has 2 fully saturated rings. The Bertz CT molecular complexity index is 1290. The molecule has 34 heavy (non-hydrogen) atoms. The largest absolute Gasteiger partial charge is 0.497 e. The van der Waals surface area contributed by atoms with Crippen LogP contribution in [0, 0.1) is 0 Å². The van der Waals surface area contributed by atoms with Gasteiger partial charge in [0.05, 0.1) is 32.1 Å². The lowest BCUT2D eigenvalue weighted by Gasteiger charge is -2.34. The summed E-state index contributed by atoms with van der Waals surface area (Å²) in [5.74, 6) is 1.36. The number of morpholine rings is 1. The highest BCUT2D eigenvalue weighted by atomic mass is 35.5. The molecule has 1 atom stereocenters. The van der Waals surface area contributed by atoms with Gasteiger partial charge in [0, 0.05) is 31.5 Å². The number of imidazole rings is 1. The highest BCUT2D eigenvalue weighted by molar-refractivity contribution is 7.92. The number of halogens is 1. The van der Waals surface area contributed by atoms with E-state index in [2.05, 4.69) is 19.9 Å². The number of nitrogens with zero attached hydrogens (tertiary/aromatic N) is 5. The number of aromatic nitrogens is 4. The minimum absolute atomic E-state index is 0.0249. The fourth-order valence-electron chi connectivity index (χ4n) is 4.39. The molecule has 0 radical (unpaired) electrons. The molecule has 0 bridgehead atoms. The lowest BCUT2D eigenvalue weighted by atomic mass is 10.2. The molecule has 1 aromatic carbocycles. The smallest absolute Gasteiger partial charge is 0.228 e. The molecular weight excluding hydrogens is 478 g/mol. The van der Waals surface area contributed by atoms with E-state index in [0.717, 1.165) is 11.3 Å². The van der Waals surface area contributed by atoms with E-state index in [4.69, 9.17) is 21.1 Å². The Kier molecular flexibility index (Phi) is 5.99. The first-order valence-corrected chi connectivity index (χ1v) is 13.0. The first kappa shape index (κ1) is 23.1. The Morgan fingerprint density at radius 3 is 2.68 bits per heavy atom. The molecule has 2 aromatic heterocycles. The molecule has 3 aromatic rings. The summed E-state index contributed by atoms with van der Waals surface area (Å²) in [7, 11) is -2.24. The van der Waals surface area contributed by atoms with Crippen LogP contribution < -0.4 is 9.64 Å². The zero-order valence-corrected chi connectivity index (χ0v) is 20.6. The first-order chi connectivity index (χ1) is 16.3. The van der Waals surface area contributed by atoms with Crippen molar-refractivity contribution in [3.63, 3.8) is 0 Å². The minimum Gasteiger partial charge on any atom is -0.497 e. The van der Waals surface area contributed by atoms with Gasteiger partial charge in [-0.3, -0.25) is 0 Å². The van der Waals surface area contributed by atoms with Crippen LogP contribution in [0.5, 0.6) is 5.75 Å². The van der Waals surface area contributed by atoms with Crippen LogP contribution in [0.1, 0.15) is 31.0 Å². The molecule has 1 saturated heterocycles. The lowest BCUT2D eigenvalue weighted by molar-refractivity contribution is 0.0985. The SMILES string of the molecule is COc1ccc(Cn2ccnc2S(=O)(=O)C2(c3cc(N4CCOC[C@@H]4C)nc(Cl)n3)CC2)cc1. The van der Waals surface area contributed by atoms with Gasteiger partial charge in [-0.05, 0) is 49.1 Å². The molecule has 0 N–H and O–H groups in total. The average molecular weight is 504 g/mol. The van der Waals surface area contributed by atoms with Crippen LogP contribution >= 0.6 is 11.6 Å². The summed E-state index contributed by atoms with van der Waals surface area (Å²) in [6.45, 7) is 4.21.